The Morgan fingerprint density at radius 1 is 1.27 bits per heavy atom. The minimum atomic E-state index is 0.890. The SMILES string of the molecule is CC[N+](C)(C)C1CCNCC1. The summed E-state index contributed by atoms with van der Waals surface area (Å²) in [5.74, 6) is 0. The number of piperidine rings is 1. The molecule has 0 unspecified atom stereocenters. The van der Waals surface area contributed by atoms with E-state index in [1.165, 1.54) is 37.0 Å². The highest BCUT2D eigenvalue weighted by Gasteiger charge is 2.27. The van der Waals surface area contributed by atoms with E-state index in [1.807, 2.05) is 0 Å². The van der Waals surface area contributed by atoms with Gasteiger partial charge in [0.2, 0.25) is 0 Å². The van der Waals surface area contributed by atoms with E-state index in [0.717, 1.165) is 6.04 Å². The predicted molar refractivity (Wildman–Crippen MR) is 48.5 cm³/mol. The fraction of sp³-hybridized carbons (Fsp3) is 1.00. The van der Waals surface area contributed by atoms with Gasteiger partial charge in [0.15, 0.2) is 0 Å². The molecule has 1 saturated heterocycles. The number of hydrogen-bond acceptors (Lipinski definition) is 1. The van der Waals surface area contributed by atoms with E-state index >= 15 is 0 Å². The molecule has 0 radical (unpaired) electrons. The Kier molecular flexibility index (Phi) is 2.90. The summed E-state index contributed by atoms with van der Waals surface area (Å²) in [4.78, 5) is 0. The van der Waals surface area contributed by atoms with Gasteiger partial charge in [0, 0.05) is 25.9 Å². The molecule has 1 aliphatic rings. The number of hydrogen-bond donors (Lipinski definition) is 1. The lowest BCUT2D eigenvalue weighted by atomic mass is 10.0. The average Bonchev–Trinajstić information content (AvgIpc) is 2.06. The number of nitrogens with one attached hydrogen (secondary N) is 1. The maximum absolute atomic E-state index is 3.40. The Morgan fingerprint density at radius 2 is 1.82 bits per heavy atom. The summed E-state index contributed by atoms with van der Waals surface area (Å²) in [6.07, 6.45) is 2.70. The van der Waals surface area contributed by atoms with Gasteiger partial charge in [-0.25, -0.2) is 0 Å². The smallest absolute Gasteiger partial charge is 0.0910 e. The molecule has 0 saturated carbocycles. The Balaban J connectivity index is 2.43. The van der Waals surface area contributed by atoms with Crippen LogP contribution in [-0.4, -0.2) is 44.3 Å². The molecule has 1 N–H and O–H groups in total. The summed E-state index contributed by atoms with van der Waals surface area (Å²) >= 11 is 0. The van der Waals surface area contributed by atoms with E-state index in [9.17, 15) is 0 Å². The van der Waals surface area contributed by atoms with Gasteiger partial charge < -0.3 is 9.80 Å². The van der Waals surface area contributed by atoms with E-state index in [0.29, 0.717) is 0 Å². The quantitative estimate of drug-likeness (QED) is 0.586. The van der Waals surface area contributed by atoms with E-state index in [-0.39, 0.29) is 0 Å². The topological polar surface area (TPSA) is 12.0 Å². The number of quaternary nitrogens is 1. The first-order valence-electron chi connectivity index (χ1n) is 4.70. The molecule has 66 valence electrons. The lowest BCUT2D eigenvalue weighted by Crippen LogP contribution is -2.52. The van der Waals surface area contributed by atoms with Gasteiger partial charge in [-0.15, -0.1) is 0 Å². The van der Waals surface area contributed by atoms with E-state index in [1.54, 1.807) is 0 Å². The van der Waals surface area contributed by atoms with Crippen LogP contribution in [0.15, 0.2) is 0 Å². The predicted octanol–water partition coefficient (Wildman–Crippen LogP) is 0.835. The molecular formula is C9H21N2+. The molecule has 1 rings (SSSR count). The summed E-state index contributed by atoms with van der Waals surface area (Å²) < 4.78 is 1.20. The maximum Gasteiger partial charge on any atom is 0.0910 e. The van der Waals surface area contributed by atoms with Crippen molar-refractivity contribution in [3.8, 4) is 0 Å². The lowest BCUT2D eigenvalue weighted by molar-refractivity contribution is -0.914. The van der Waals surface area contributed by atoms with Gasteiger partial charge in [-0.3, -0.25) is 0 Å². The molecule has 1 aliphatic heterocycles. The van der Waals surface area contributed by atoms with Gasteiger partial charge in [-0.2, -0.15) is 0 Å². The summed E-state index contributed by atoms with van der Waals surface area (Å²) in [5.41, 5.74) is 0. The zero-order chi connectivity index (χ0) is 8.32. The molecule has 0 spiro atoms. The monoisotopic (exact) mass is 157 g/mol. The third-order valence-electron chi connectivity index (χ3n) is 3.11. The van der Waals surface area contributed by atoms with Gasteiger partial charge in [-0.1, -0.05) is 0 Å². The van der Waals surface area contributed by atoms with Crippen LogP contribution in [0.2, 0.25) is 0 Å². The van der Waals surface area contributed by atoms with E-state index in [4.69, 9.17) is 0 Å². The van der Waals surface area contributed by atoms with Crippen molar-refractivity contribution in [2.45, 2.75) is 25.8 Å². The molecule has 11 heavy (non-hydrogen) atoms. The maximum atomic E-state index is 3.40. The summed E-state index contributed by atoms with van der Waals surface area (Å²) in [6, 6.07) is 0.890. The third-order valence-corrected chi connectivity index (χ3v) is 3.11. The van der Waals surface area contributed by atoms with Gasteiger partial charge in [0.05, 0.1) is 26.7 Å². The Hall–Kier alpha value is -0.0800. The van der Waals surface area contributed by atoms with Crippen LogP contribution in [0.5, 0.6) is 0 Å². The molecule has 0 aromatic carbocycles. The standard InChI is InChI=1S/C9H21N2/c1-4-11(2,3)9-5-7-10-8-6-9/h9-10H,4-8H2,1-3H3/q+1. The fourth-order valence-corrected chi connectivity index (χ4v) is 1.76. The molecule has 2 nitrogen and oxygen atoms in total. The second-order valence-corrected chi connectivity index (χ2v) is 4.08. The van der Waals surface area contributed by atoms with Gasteiger partial charge >= 0.3 is 0 Å². The zero-order valence-electron chi connectivity index (χ0n) is 8.06. The minimum absolute atomic E-state index is 0.890. The van der Waals surface area contributed by atoms with Crippen LogP contribution in [-0.2, 0) is 0 Å². The van der Waals surface area contributed by atoms with Gasteiger partial charge in [0.1, 0.15) is 0 Å². The molecule has 1 fully saturated rings. The van der Waals surface area contributed by atoms with Crippen LogP contribution < -0.4 is 5.32 Å². The van der Waals surface area contributed by atoms with Gasteiger partial charge in [0.25, 0.3) is 0 Å². The van der Waals surface area contributed by atoms with Crippen LogP contribution in [0.1, 0.15) is 19.8 Å². The second-order valence-electron chi connectivity index (χ2n) is 4.08. The van der Waals surface area contributed by atoms with E-state index in [2.05, 4.69) is 26.3 Å². The van der Waals surface area contributed by atoms with Crippen molar-refractivity contribution in [3.05, 3.63) is 0 Å². The van der Waals surface area contributed by atoms with Crippen LogP contribution >= 0.6 is 0 Å². The Labute approximate surface area is 70.2 Å². The summed E-state index contributed by atoms with van der Waals surface area (Å²) in [6.45, 7) is 5.96. The molecule has 0 aliphatic carbocycles. The van der Waals surface area contributed by atoms with Crippen molar-refractivity contribution >= 4 is 0 Å². The highest BCUT2D eigenvalue weighted by molar-refractivity contribution is 4.68. The second kappa shape index (κ2) is 3.55. The van der Waals surface area contributed by atoms with Crippen molar-refractivity contribution in [3.63, 3.8) is 0 Å². The molecule has 0 aromatic rings. The Bertz CT molecular complexity index is 115. The van der Waals surface area contributed by atoms with Gasteiger partial charge in [-0.05, 0) is 6.92 Å². The fourth-order valence-electron chi connectivity index (χ4n) is 1.76. The minimum Gasteiger partial charge on any atom is -0.326 e. The van der Waals surface area contributed by atoms with Crippen molar-refractivity contribution in [1.29, 1.82) is 0 Å². The van der Waals surface area contributed by atoms with Crippen molar-refractivity contribution in [2.24, 2.45) is 0 Å². The molecular weight excluding hydrogens is 136 g/mol. The largest absolute Gasteiger partial charge is 0.326 e. The molecule has 0 bridgehead atoms. The van der Waals surface area contributed by atoms with Crippen molar-refractivity contribution < 1.29 is 4.48 Å². The van der Waals surface area contributed by atoms with Crippen LogP contribution in [0.25, 0.3) is 0 Å². The number of rotatable bonds is 2. The normalized spacial score (nSPS) is 22.1. The lowest BCUT2D eigenvalue weighted by Gasteiger charge is -2.39. The first-order chi connectivity index (χ1) is 5.17. The van der Waals surface area contributed by atoms with Crippen LogP contribution in [0, 0.1) is 0 Å². The third kappa shape index (κ3) is 2.17. The first kappa shape index (κ1) is 9.01. The molecule has 2 heteroatoms. The van der Waals surface area contributed by atoms with Crippen molar-refractivity contribution in [2.75, 3.05) is 33.7 Å². The Morgan fingerprint density at radius 3 is 2.27 bits per heavy atom. The molecule has 0 atom stereocenters. The zero-order valence-corrected chi connectivity index (χ0v) is 8.06. The van der Waals surface area contributed by atoms with Crippen LogP contribution in [0.3, 0.4) is 0 Å². The average molecular weight is 157 g/mol. The molecule has 0 aromatic heterocycles. The number of nitrogens with zero attached hydrogens (tertiary/aromatic N) is 1. The summed E-state index contributed by atoms with van der Waals surface area (Å²) in [7, 11) is 4.69. The highest BCUT2D eigenvalue weighted by atomic mass is 15.3. The first-order valence-corrected chi connectivity index (χ1v) is 4.70. The molecule has 0 amide bonds. The van der Waals surface area contributed by atoms with Crippen LogP contribution in [0.4, 0.5) is 0 Å². The molecule has 1 heterocycles. The van der Waals surface area contributed by atoms with E-state index < -0.39 is 0 Å². The highest BCUT2D eigenvalue weighted by Crippen LogP contribution is 2.15. The summed E-state index contributed by atoms with van der Waals surface area (Å²) in [5, 5.41) is 3.40. The van der Waals surface area contributed by atoms with Crippen molar-refractivity contribution in [1.82, 2.24) is 5.32 Å².